The number of benzene rings is 1. The summed E-state index contributed by atoms with van der Waals surface area (Å²) >= 11 is 0. The number of anilines is 1. The van der Waals surface area contributed by atoms with Crippen LogP contribution in [-0.4, -0.2) is 66.1 Å². The Hall–Kier alpha value is -1.75. The van der Waals surface area contributed by atoms with E-state index in [0.717, 1.165) is 44.3 Å². The fourth-order valence-corrected chi connectivity index (χ4v) is 5.09. The first-order valence-electron chi connectivity index (χ1n) is 10.3. The van der Waals surface area contributed by atoms with Crippen LogP contribution >= 0.6 is 0 Å². The molecule has 2 heterocycles. The Kier molecular flexibility index (Phi) is 5.34. The summed E-state index contributed by atoms with van der Waals surface area (Å²) in [7, 11) is 0. The monoisotopic (exact) mass is 357 g/mol. The molecule has 142 valence electrons. The molecular weight excluding hydrogens is 326 g/mol. The molecule has 4 rings (SSSR count). The molecule has 1 saturated carbocycles. The molecule has 2 atom stereocenters. The zero-order valence-corrected chi connectivity index (χ0v) is 15.6. The van der Waals surface area contributed by atoms with Crippen LogP contribution < -0.4 is 4.90 Å². The minimum absolute atomic E-state index is 0.331. The molecule has 0 radical (unpaired) electrons. The first-order chi connectivity index (χ1) is 12.7. The number of likely N-dealkylation sites (tertiary alicyclic amines) is 1. The number of hydrogen-bond acceptors (Lipinski definition) is 4. The standard InChI is InChI=1S/C21H31N3O2/c25-20-10-4-3-9-19(20)23-14-12-22(13-15-23)16-21(26)24-11-5-7-17-6-1-2-8-18(17)24/h3-4,9-10,17-18,25H,1-2,5-8,11-16H2/t17-,18-/m0/s1. The van der Waals surface area contributed by atoms with E-state index < -0.39 is 0 Å². The number of hydrogen-bond donors (Lipinski definition) is 1. The highest BCUT2D eigenvalue weighted by Crippen LogP contribution is 2.35. The third-order valence-electron chi connectivity index (χ3n) is 6.52. The Balaban J connectivity index is 1.31. The van der Waals surface area contributed by atoms with Gasteiger partial charge >= 0.3 is 0 Å². The molecule has 1 N–H and O–H groups in total. The third kappa shape index (κ3) is 3.68. The molecule has 0 unspecified atom stereocenters. The lowest BCUT2D eigenvalue weighted by Crippen LogP contribution is -2.54. The van der Waals surface area contributed by atoms with Crippen LogP contribution in [-0.2, 0) is 4.79 Å². The number of amides is 1. The first-order valence-corrected chi connectivity index (χ1v) is 10.3. The van der Waals surface area contributed by atoms with Crippen LogP contribution in [0, 0.1) is 5.92 Å². The van der Waals surface area contributed by atoms with Gasteiger partial charge in [0.2, 0.25) is 5.91 Å². The molecule has 0 aromatic heterocycles. The SMILES string of the molecule is O=C(CN1CCN(c2ccccc2O)CC1)N1CCC[C@@H]2CCCC[C@@H]21. The highest BCUT2D eigenvalue weighted by molar-refractivity contribution is 5.79. The summed E-state index contributed by atoms with van der Waals surface area (Å²) in [5, 5.41) is 10.0. The number of aromatic hydroxyl groups is 1. The number of piperidine rings is 1. The molecular formula is C21H31N3O2. The lowest BCUT2D eigenvalue weighted by atomic mass is 9.78. The van der Waals surface area contributed by atoms with Crippen LogP contribution in [0.4, 0.5) is 5.69 Å². The van der Waals surface area contributed by atoms with E-state index in [-0.39, 0.29) is 0 Å². The molecule has 1 amide bonds. The number of phenolic OH excluding ortho intramolecular Hbond substituents is 1. The number of nitrogens with zero attached hydrogens (tertiary/aromatic N) is 3. The van der Waals surface area contributed by atoms with Crippen molar-refractivity contribution in [2.45, 2.75) is 44.6 Å². The van der Waals surface area contributed by atoms with Crippen molar-refractivity contribution < 1.29 is 9.90 Å². The van der Waals surface area contributed by atoms with Gasteiger partial charge in [-0.3, -0.25) is 9.69 Å². The molecule has 0 bridgehead atoms. The normalized spacial score (nSPS) is 27.2. The summed E-state index contributed by atoms with van der Waals surface area (Å²) < 4.78 is 0. The van der Waals surface area contributed by atoms with Crippen molar-refractivity contribution in [3.05, 3.63) is 24.3 Å². The van der Waals surface area contributed by atoms with Crippen LogP contribution in [0.15, 0.2) is 24.3 Å². The zero-order valence-electron chi connectivity index (χ0n) is 15.6. The van der Waals surface area contributed by atoms with Crippen molar-refractivity contribution >= 4 is 11.6 Å². The van der Waals surface area contributed by atoms with Gasteiger partial charge in [-0.2, -0.15) is 0 Å². The van der Waals surface area contributed by atoms with Crippen LogP contribution in [0.25, 0.3) is 0 Å². The van der Waals surface area contributed by atoms with Crippen molar-refractivity contribution in [2.24, 2.45) is 5.92 Å². The maximum absolute atomic E-state index is 13.0. The van der Waals surface area contributed by atoms with Crippen molar-refractivity contribution in [3.8, 4) is 5.75 Å². The molecule has 5 heteroatoms. The van der Waals surface area contributed by atoms with Crippen LogP contribution in [0.1, 0.15) is 38.5 Å². The molecule has 5 nitrogen and oxygen atoms in total. The lowest BCUT2D eigenvalue weighted by molar-refractivity contribution is -0.138. The Morgan fingerprint density at radius 3 is 2.50 bits per heavy atom. The van der Waals surface area contributed by atoms with Gasteiger partial charge in [0.15, 0.2) is 0 Å². The predicted molar refractivity (Wildman–Crippen MR) is 103 cm³/mol. The van der Waals surface area contributed by atoms with Gasteiger partial charge in [0.05, 0.1) is 12.2 Å². The average Bonchev–Trinajstić information content (AvgIpc) is 2.68. The zero-order chi connectivity index (χ0) is 17.9. The van der Waals surface area contributed by atoms with Crippen molar-refractivity contribution in [1.29, 1.82) is 0 Å². The predicted octanol–water partition coefficient (Wildman–Crippen LogP) is 2.70. The van der Waals surface area contributed by atoms with Gasteiger partial charge in [0.1, 0.15) is 5.75 Å². The third-order valence-corrected chi connectivity index (χ3v) is 6.52. The second-order valence-electron chi connectivity index (χ2n) is 8.09. The molecule has 3 aliphatic rings. The number of carbonyl (C=O) groups excluding carboxylic acids is 1. The number of piperazine rings is 1. The molecule has 2 saturated heterocycles. The minimum atomic E-state index is 0.331. The molecule has 3 fully saturated rings. The van der Waals surface area contributed by atoms with Gasteiger partial charge in [-0.25, -0.2) is 0 Å². The van der Waals surface area contributed by atoms with Crippen molar-refractivity contribution in [3.63, 3.8) is 0 Å². The summed E-state index contributed by atoms with van der Waals surface area (Å²) in [4.78, 5) is 19.7. The topological polar surface area (TPSA) is 47.0 Å². The number of fused-ring (bicyclic) bond motifs is 1. The molecule has 26 heavy (non-hydrogen) atoms. The summed E-state index contributed by atoms with van der Waals surface area (Å²) in [6.07, 6.45) is 7.63. The van der Waals surface area contributed by atoms with Crippen molar-refractivity contribution in [2.75, 3.05) is 44.2 Å². The number of carbonyl (C=O) groups is 1. The maximum atomic E-state index is 13.0. The Morgan fingerprint density at radius 1 is 0.962 bits per heavy atom. The van der Waals surface area contributed by atoms with Crippen LogP contribution in [0.2, 0.25) is 0 Å². The van der Waals surface area contributed by atoms with E-state index >= 15 is 0 Å². The van der Waals surface area contributed by atoms with Crippen molar-refractivity contribution in [1.82, 2.24) is 9.80 Å². The van der Waals surface area contributed by atoms with Gasteiger partial charge < -0.3 is 14.9 Å². The summed E-state index contributed by atoms with van der Waals surface area (Å²) in [6.45, 7) is 4.98. The molecule has 1 aromatic rings. The van der Waals surface area contributed by atoms with Gasteiger partial charge in [-0.05, 0) is 43.7 Å². The smallest absolute Gasteiger partial charge is 0.237 e. The first kappa shape index (κ1) is 17.7. The minimum Gasteiger partial charge on any atom is -0.506 e. The van der Waals surface area contributed by atoms with E-state index in [4.69, 9.17) is 0 Å². The Bertz CT molecular complexity index is 625. The van der Waals surface area contributed by atoms with Crippen LogP contribution in [0.5, 0.6) is 5.75 Å². The largest absolute Gasteiger partial charge is 0.506 e. The highest BCUT2D eigenvalue weighted by atomic mass is 16.3. The van der Waals surface area contributed by atoms with E-state index in [0.29, 0.717) is 24.2 Å². The number of para-hydroxylation sites is 2. The Labute approximate surface area is 156 Å². The van der Waals surface area contributed by atoms with E-state index in [1.807, 2.05) is 18.2 Å². The van der Waals surface area contributed by atoms with Gasteiger partial charge in [-0.15, -0.1) is 0 Å². The van der Waals surface area contributed by atoms with Crippen LogP contribution in [0.3, 0.4) is 0 Å². The second-order valence-corrected chi connectivity index (χ2v) is 8.09. The fourth-order valence-electron chi connectivity index (χ4n) is 5.09. The second kappa shape index (κ2) is 7.87. The average molecular weight is 357 g/mol. The maximum Gasteiger partial charge on any atom is 0.237 e. The van der Waals surface area contributed by atoms with E-state index in [1.54, 1.807) is 6.07 Å². The highest BCUT2D eigenvalue weighted by Gasteiger charge is 2.36. The summed E-state index contributed by atoms with van der Waals surface area (Å²) in [6, 6.07) is 8.02. The number of rotatable bonds is 3. The lowest BCUT2D eigenvalue weighted by Gasteiger charge is -2.45. The fraction of sp³-hybridized carbons (Fsp3) is 0.667. The molecule has 1 aromatic carbocycles. The summed E-state index contributed by atoms with van der Waals surface area (Å²) in [5.74, 6) is 1.42. The quantitative estimate of drug-likeness (QED) is 0.904. The summed E-state index contributed by atoms with van der Waals surface area (Å²) in [5.41, 5.74) is 0.902. The number of phenols is 1. The van der Waals surface area contributed by atoms with E-state index in [9.17, 15) is 9.90 Å². The van der Waals surface area contributed by atoms with Gasteiger partial charge in [0, 0.05) is 38.8 Å². The van der Waals surface area contributed by atoms with Gasteiger partial charge in [0.25, 0.3) is 0 Å². The van der Waals surface area contributed by atoms with E-state index in [2.05, 4.69) is 14.7 Å². The molecule has 2 aliphatic heterocycles. The molecule has 0 spiro atoms. The van der Waals surface area contributed by atoms with E-state index in [1.165, 1.54) is 38.5 Å². The van der Waals surface area contributed by atoms with Gasteiger partial charge in [-0.1, -0.05) is 25.0 Å². The Morgan fingerprint density at radius 2 is 1.69 bits per heavy atom. The molecule has 1 aliphatic carbocycles.